The first-order valence-electron chi connectivity index (χ1n) is 4.82. The number of carboxylic acid groups (broad SMARTS) is 1. The van der Waals surface area contributed by atoms with Crippen molar-refractivity contribution in [2.75, 3.05) is 5.32 Å². The molecule has 0 bridgehead atoms. The molecule has 1 aromatic rings. The molecule has 1 amide bonds. The van der Waals surface area contributed by atoms with Gasteiger partial charge >= 0.3 is 5.97 Å². The number of aliphatic carboxylic acids is 1. The molecule has 1 unspecified atom stereocenters. The van der Waals surface area contributed by atoms with Crippen LogP contribution >= 0.6 is 23.2 Å². The third-order valence-corrected chi connectivity index (χ3v) is 2.65. The lowest BCUT2D eigenvalue weighted by Crippen LogP contribution is -2.34. The van der Waals surface area contributed by atoms with Crippen molar-refractivity contribution in [1.82, 2.24) is 0 Å². The summed E-state index contributed by atoms with van der Waals surface area (Å²) in [5, 5.41) is 11.6. The first kappa shape index (κ1) is 14.5. The molecule has 18 heavy (non-hydrogen) atoms. The van der Waals surface area contributed by atoms with Crippen LogP contribution in [-0.2, 0) is 14.4 Å². The summed E-state index contributed by atoms with van der Waals surface area (Å²) in [7, 11) is 0. The average molecular weight is 290 g/mol. The van der Waals surface area contributed by atoms with E-state index in [0.717, 1.165) is 6.92 Å². The van der Waals surface area contributed by atoms with E-state index in [0.29, 0.717) is 5.02 Å². The zero-order chi connectivity index (χ0) is 13.9. The smallest absolute Gasteiger partial charge is 0.323 e. The van der Waals surface area contributed by atoms with Crippen molar-refractivity contribution in [2.24, 2.45) is 5.92 Å². The van der Waals surface area contributed by atoms with Gasteiger partial charge in [0, 0.05) is 5.02 Å². The number of carboxylic acids is 1. The predicted molar refractivity (Wildman–Crippen MR) is 66.9 cm³/mol. The Kier molecular flexibility index (Phi) is 4.69. The summed E-state index contributed by atoms with van der Waals surface area (Å²) in [4.78, 5) is 33.5. The van der Waals surface area contributed by atoms with Crippen molar-refractivity contribution in [1.29, 1.82) is 0 Å². The monoisotopic (exact) mass is 289 g/mol. The van der Waals surface area contributed by atoms with Gasteiger partial charge in [0.2, 0.25) is 5.91 Å². The normalized spacial score (nSPS) is 11.7. The number of hydrogen-bond acceptors (Lipinski definition) is 3. The lowest BCUT2D eigenvalue weighted by atomic mass is 10.0. The van der Waals surface area contributed by atoms with Crippen LogP contribution in [-0.4, -0.2) is 22.8 Å². The zero-order valence-corrected chi connectivity index (χ0v) is 10.7. The van der Waals surface area contributed by atoms with Crippen LogP contribution in [0.1, 0.15) is 6.92 Å². The Bertz CT molecular complexity index is 502. The number of nitrogens with one attached hydrogen (secondary N) is 1. The van der Waals surface area contributed by atoms with Crippen LogP contribution in [0.5, 0.6) is 0 Å². The minimum absolute atomic E-state index is 0.156. The summed E-state index contributed by atoms with van der Waals surface area (Å²) in [5.41, 5.74) is 0.193. The number of carbonyl (C=O) groups excluding carboxylic acids is 2. The first-order valence-corrected chi connectivity index (χ1v) is 5.57. The summed E-state index contributed by atoms with van der Waals surface area (Å²) < 4.78 is 0. The molecule has 0 saturated heterocycles. The van der Waals surface area contributed by atoms with E-state index in [1.165, 1.54) is 18.2 Å². The van der Waals surface area contributed by atoms with Crippen molar-refractivity contribution in [3.63, 3.8) is 0 Å². The summed E-state index contributed by atoms with van der Waals surface area (Å²) in [6, 6.07) is 4.29. The molecule has 0 aliphatic carbocycles. The largest absolute Gasteiger partial charge is 0.480 e. The van der Waals surface area contributed by atoms with E-state index in [2.05, 4.69) is 5.32 Å². The molecule has 1 atom stereocenters. The van der Waals surface area contributed by atoms with E-state index in [4.69, 9.17) is 28.3 Å². The van der Waals surface area contributed by atoms with Crippen LogP contribution in [0.25, 0.3) is 0 Å². The molecule has 7 heteroatoms. The second kappa shape index (κ2) is 5.84. The van der Waals surface area contributed by atoms with E-state index in [1.54, 1.807) is 0 Å². The highest BCUT2D eigenvalue weighted by Crippen LogP contribution is 2.25. The Morgan fingerprint density at radius 2 is 1.89 bits per heavy atom. The van der Waals surface area contributed by atoms with Gasteiger partial charge in [0.1, 0.15) is 0 Å². The van der Waals surface area contributed by atoms with Gasteiger partial charge < -0.3 is 10.4 Å². The maximum absolute atomic E-state index is 11.6. The lowest BCUT2D eigenvalue weighted by Gasteiger charge is -2.11. The van der Waals surface area contributed by atoms with Crippen molar-refractivity contribution in [3.8, 4) is 0 Å². The second-order valence-corrected chi connectivity index (χ2v) is 4.34. The van der Waals surface area contributed by atoms with E-state index in [9.17, 15) is 14.4 Å². The molecule has 0 aromatic heterocycles. The number of halogens is 2. The molecule has 0 heterocycles. The number of hydrogen-bond donors (Lipinski definition) is 2. The van der Waals surface area contributed by atoms with Crippen LogP contribution in [0.2, 0.25) is 10.0 Å². The predicted octanol–water partition coefficient (Wildman–Crippen LogP) is 2.22. The SMILES string of the molecule is CC(=O)C(C(=O)O)C(=O)Nc1ccc(Cl)cc1Cl. The number of ketones is 1. The minimum Gasteiger partial charge on any atom is -0.480 e. The Morgan fingerprint density at radius 1 is 1.28 bits per heavy atom. The van der Waals surface area contributed by atoms with E-state index in [1.807, 2.05) is 0 Å². The first-order chi connectivity index (χ1) is 8.32. The Morgan fingerprint density at radius 3 is 2.33 bits per heavy atom. The van der Waals surface area contributed by atoms with Crippen LogP contribution in [0.3, 0.4) is 0 Å². The van der Waals surface area contributed by atoms with Crippen molar-refractivity contribution >= 4 is 46.5 Å². The molecule has 1 rings (SSSR count). The quantitative estimate of drug-likeness (QED) is 0.833. The molecule has 1 aromatic carbocycles. The van der Waals surface area contributed by atoms with Gasteiger partial charge in [0.15, 0.2) is 11.7 Å². The third kappa shape index (κ3) is 3.45. The molecule has 0 saturated carbocycles. The maximum atomic E-state index is 11.6. The molecule has 0 fully saturated rings. The standard InChI is InChI=1S/C11H9Cl2NO4/c1-5(15)9(11(17)18)10(16)14-8-3-2-6(12)4-7(8)13/h2-4,9H,1H3,(H,14,16)(H,17,18). The minimum atomic E-state index is -1.75. The number of Topliss-reactive ketones (excluding diaryl/α,β-unsaturated/α-hetero) is 1. The summed E-state index contributed by atoms with van der Waals surface area (Å²) in [6.45, 7) is 1.03. The topological polar surface area (TPSA) is 83.5 Å². The second-order valence-electron chi connectivity index (χ2n) is 3.50. The fourth-order valence-corrected chi connectivity index (χ4v) is 1.72. The highest BCUT2D eigenvalue weighted by Gasteiger charge is 2.31. The van der Waals surface area contributed by atoms with Crippen molar-refractivity contribution in [3.05, 3.63) is 28.2 Å². The number of rotatable bonds is 4. The van der Waals surface area contributed by atoms with Crippen LogP contribution in [0.4, 0.5) is 5.69 Å². The lowest BCUT2D eigenvalue weighted by molar-refractivity contribution is -0.149. The number of anilines is 1. The number of benzene rings is 1. The average Bonchev–Trinajstić information content (AvgIpc) is 2.21. The Labute approximate surface area is 113 Å². The van der Waals surface area contributed by atoms with E-state index >= 15 is 0 Å². The highest BCUT2D eigenvalue weighted by molar-refractivity contribution is 6.37. The van der Waals surface area contributed by atoms with Gasteiger partial charge in [-0.2, -0.15) is 0 Å². The van der Waals surface area contributed by atoms with Crippen LogP contribution < -0.4 is 5.32 Å². The highest BCUT2D eigenvalue weighted by atomic mass is 35.5. The number of amides is 1. The maximum Gasteiger partial charge on any atom is 0.323 e. The Balaban J connectivity index is 2.93. The molecular formula is C11H9Cl2NO4. The summed E-state index contributed by atoms with van der Waals surface area (Å²) in [6.07, 6.45) is 0. The fraction of sp³-hybridized carbons (Fsp3) is 0.182. The van der Waals surface area contributed by atoms with Gasteiger partial charge in [-0.1, -0.05) is 23.2 Å². The van der Waals surface area contributed by atoms with Crippen LogP contribution in [0, 0.1) is 5.92 Å². The molecule has 96 valence electrons. The van der Waals surface area contributed by atoms with Crippen molar-refractivity contribution in [2.45, 2.75) is 6.92 Å². The zero-order valence-electron chi connectivity index (χ0n) is 9.24. The fourth-order valence-electron chi connectivity index (χ4n) is 1.27. The molecule has 2 N–H and O–H groups in total. The van der Waals surface area contributed by atoms with Gasteiger partial charge in [-0.3, -0.25) is 14.4 Å². The van der Waals surface area contributed by atoms with Crippen molar-refractivity contribution < 1.29 is 19.5 Å². The van der Waals surface area contributed by atoms with Gasteiger partial charge in [-0.15, -0.1) is 0 Å². The van der Waals surface area contributed by atoms with Gasteiger partial charge in [0.05, 0.1) is 10.7 Å². The molecule has 0 radical (unpaired) electrons. The molecule has 5 nitrogen and oxygen atoms in total. The van der Waals surface area contributed by atoms with E-state index < -0.39 is 23.6 Å². The molecule has 0 aliphatic rings. The molecule has 0 spiro atoms. The Hall–Kier alpha value is -1.59. The third-order valence-electron chi connectivity index (χ3n) is 2.10. The summed E-state index contributed by atoms with van der Waals surface area (Å²) >= 11 is 11.5. The number of carbonyl (C=O) groups is 3. The van der Waals surface area contributed by atoms with Crippen LogP contribution in [0.15, 0.2) is 18.2 Å². The van der Waals surface area contributed by atoms with Gasteiger partial charge in [-0.05, 0) is 25.1 Å². The van der Waals surface area contributed by atoms with Gasteiger partial charge in [0.25, 0.3) is 0 Å². The summed E-state index contributed by atoms with van der Waals surface area (Å²) in [5.74, 6) is -4.97. The van der Waals surface area contributed by atoms with E-state index in [-0.39, 0.29) is 10.7 Å². The molecule has 0 aliphatic heterocycles. The van der Waals surface area contributed by atoms with Gasteiger partial charge in [-0.25, -0.2) is 0 Å². The molecular weight excluding hydrogens is 281 g/mol.